The number of methoxy groups -OCH3 is 2. The minimum Gasteiger partial charge on any atom is -0.497 e. The van der Waals surface area contributed by atoms with Crippen molar-refractivity contribution in [1.82, 2.24) is 0 Å². The van der Waals surface area contributed by atoms with E-state index in [4.69, 9.17) is 42.1 Å². The van der Waals surface area contributed by atoms with Gasteiger partial charge in [0.05, 0.1) is 45.3 Å². The second kappa shape index (κ2) is 13.1. The van der Waals surface area contributed by atoms with E-state index in [0.29, 0.717) is 29.0 Å². The third-order valence-corrected chi connectivity index (χ3v) is 7.57. The third kappa shape index (κ3) is 6.82. The molecule has 0 radical (unpaired) electrons. The monoisotopic (exact) mass is 568 g/mol. The van der Waals surface area contributed by atoms with E-state index in [1.165, 1.54) is 0 Å². The largest absolute Gasteiger partial charge is 0.497 e. The average molecular weight is 570 g/mol. The number of benzene rings is 2. The quantitative estimate of drug-likeness (QED) is 0.207. The van der Waals surface area contributed by atoms with Gasteiger partial charge in [0.2, 0.25) is 0 Å². The summed E-state index contributed by atoms with van der Waals surface area (Å²) in [5, 5.41) is 6.97. The maximum atomic E-state index is 11.5. The number of halogens is 2. The lowest BCUT2D eigenvalue weighted by atomic mass is 10.1. The van der Waals surface area contributed by atoms with Crippen LogP contribution in [-0.4, -0.2) is 39.4 Å². The van der Waals surface area contributed by atoms with Crippen LogP contribution in [0.15, 0.2) is 35.0 Å². The lowest BCUT2D eigenvalue weighted by Gasteiger charge is -2.06. The molecule has 0 fully saturated rings. The average Bonchev–Trinajstić information content (AvgIpc) is 3.43. The lowest BCUT2D eigenvalue weighted by Crippen LogP contribution is -2.07. The number of thiophene rings is 2. The van der Waals surface area contributed by atoms with Gasteiger partial charge in [-0.2, -0.15) is 0 Å². The van der Waals surface area contributed by atoms with E-state index in [2.05, 4.69) is 0 Å². The zero-order chi connectivity index (χ0) is 26.2. The number of carbonyl (C=O) groups excluding carboxylic acids is 2. The zero-order valence-corrected chi connectivity index (χ0v) is 23.5. The van der Waals surface area contributed by atoms with Crippen LogP contribution in [0.4, 0.5) is 0 Å². The number of ether oxygens (including phenoxy) is 4. The number of hydrogen-bond donors (Lipinski definition) is 0. The van der Waals surface area contributed by atoms with Gasteiger partial charge in [0, 0.05) is 25.2 Å². The van der Waals surface area contributed by atoms with Gasteiger partial charge in [-0.1, -0.05) is 23.2 Å². The number of esters is 2. The number of carbonyl (C=O) groups is 2. The van der Waals surface area contributed by atoms with Crippen molar-refractivity contribution in [3.05, 3.63) is 56.2 Å². The Bertz CT molecular complexity index is 1360. The SMILES string of the molecule is CCOC(=O)Cc1csc2cc(Cl)cc(OC)c12.CCOC(=O)Cc1csc2cc(OC)cc(Cl)c12. The van der Waals surface area contributed by atoms with Crippen LogP contribution in [0, 0.1) is 0 Å². The summed E-state index contributed by atoms with van der Waals surface area (Å²) in [4.78, 5) is 23.0. The molecule has 0 unspecified atom stereocenters. The van der Waals surface area contributed by atoms with Crippen molar-refractivity contribution in [1.29, 1.82) is 0 Å². The topological polar surface area (TPSA) is 71.1 Å². The van der Waals surface area contributed by atoms with E-state index in [1.807, 2.05) is 22.9 Å². The van der Waals surface area contributed by atoms with E-state index in [0.717, 1.165) is 37.0 Å². The zero-order valence-electron chi connectivity index (χ0n) is 20.3. The fourth-order valence-electron chi connectivity index (χ4n) is 3.59. The molecule has 0 aliphatic heterocycles. The Labute approximate surface area is 227 Å². The summed E-state index contributed by atoms with van der Waals surface area (Å²) in [5.74, 6) is 0.952. The lowest BCUT2D eigenvalue weighted by molar-refractivity contribution is -0.143. The molecule has 10 heteroatoms. The standard InChI is InChI=1S/2C13H13ClO3S/c1-3-17-12(15)4-8-7-18-11-6-9(16-2)5-10(14)13(8)11;1-3-17-12(15)4-8-7-18-11-6-9(14)5-10(16-2)13(8)11/h2*5-7H,3-4H2,1-2H3. The molecular formula is C26H26Cl2O6S2. The minimum absolute atomic E-state index is 0.228. The molecule has 192 valence electrons. The van der Waals surface area contributed by atoms with Crippen molar-refractivity contribution in [2.24, 2.45) is 0 Å². The first-order valence-electron chi connectivity index (χ1n) is 11.1. The summed E-state index contributed by atoms with van der Waals surface area (Å²) in [6, 6.07) is 7.30. The maximum absolute atomic E-state index is 11.5. The van der Waals surface area contributed by atoms with E-state index >= 15 is 0 Å². The minimum atomic E-state index is -0.232. The highest BCUT2D eigenvalue weighted by Crippen LogP contribution is 2.37. The fraction of sp³-hybridized carbons (Fsp3) is 0.308. The van der Waals surface area contributed by atoms with Crippen molar-refractivity contribution >= 4 is 78.0 Å². The second-order valence-electron chi connectivity index (χ2n) is 7.45. The second-order valence-corrected chi connectivity index (χ2v) is 10.1. The van der Waals surface area contributed by atoms with Gasteiger partial charge >= 0.3 is 11.9 Å². The number of rotatable bonds is 8. The van der Waals surface area contributed by atoms with Crippen LogP contribution >= 0.6 is 45.9 Å². The summed E-state index contributed by atoms with van der Waals surface area (Å²) >= 11 is 15.3. The van der Waals surface area contributed by atoms with Gasteiger partial charge in [-0.15, -0.1) is 22.7 Å². The van der Waals surface area contributed by atoms with Gasteiger partial charge < -0.3 is 18.9 Å². The first-order chi connectivity index (χ1) is 17.3. The number of fused-ring (bicyclic) bond motifs is 2. The van der Waals surface area contributed by atoms with Gasteiger partial charge in [0.15, 0.2) is 0 Å². The first-order valence-corrected chi connectivity index (χ1v) is 13.6. The molecule has 2 heterocycles. The highest BCUT2D eigenvalue weighted by Gasteiger charge is 2.15. The molecule has 2 aromatic heterocycles. The molecule has 36 heavy (non-hydrogen) atoms. The van der Waals surface area contributed by atoms with E-state index in [1.54, 1.807) is 62.9 Å². The predicted octanol–water partition coefficient (Wildman–Crippen LogP) is 7.34. The van der Waals surface area contributed by atoms with Gasteiger partial charge in [-0.25, -0.2) is 0 Å². The molecule has 0 saturated heterocycles. The molecule has 0 aliphatic rings. The fourth-order valence-corrected chi connectivity index (χ4v) is 6.28. The molecule has 0 aliphatic carbocycles. The normalized spacial score (nSPS) is 10.6. The molecule has 4 aromatic rings. The van der Waals surface area contributed by atoms with Crippen molar-refractivity contribution in [3.8, 4) is 11.5 Å². The summed E-state index contributed by atoms with van der Waals surface area (Å²) in [5.41, 5.74) is 1.82. The molecule has 4 rings (SSSR count). The van der Waals surface area contributed by atoms with Gasteiger partial charge in [-0.05, 0) is 60.0 Å². The Morgan fingerprint density at radius 3 is 1.86 bits per heavy atom. The Morgan fingerprint density at radius 1 is 0.778 bits per heavy atom. The molecule has 0 saturated carbocycles. The Hall–Kier alpha value is -2.52. The smallest absolute Gasteiger partial charge is 0.310 e. The van der Waals surface area contributed by atoms with Crippen LogP contribution in [0.25, 0.3) is 20.2 Å². The molecule has 0 N–H and O–H groups in total. The van der Waals surface area contributed by atoms with Crippen molar-refractivity contribution in [2.75, 3.05) is 27.4 Å². The molecule has 0 bridgehead atoms. The van der Waals surface area contributed by atoms with Crippen LogP contribution in [0.1, 0.15) is 25.0 Å². The Balaban J connectivity index is 0.000000201. The van der Waals surface area contributed by atoms with Crippen molar-refractivity contribution in [3.63, 3.8) is 0 Å². The summed E-state index contributed by atoms with van der Waals surface area (Å²) < 4.78 is 22.4. The molecule has 0 amide bonds. The van der Waals surface area contributed by atoms with Crippen LogP contribution in [0.5, 0.6) is 11.5 Å². The molecule has 0 atom stereocenters. The number of hydrogen-bond acceptors (Lipinski definition) is 8. The first kappa shape index (κ1) is 28.1. The molecule has 0 spiro atoms. The van der Waals surface area contributed by atoms with Crippen LogP contribution in [-0.2, 0) is 31.9 Å². The van der Waals surface area contributed by atoms with E-state index < -0.39 is 0 Å². The van der Waals surface area contributed by atoms with Gasteiger partial charge in [0.1, 0.15) is 11.5 Å². The Morgan fingerprint density at radius 2 is 1.33 bits per heavy atom. The predicted molar refractivity (Wildman–Crippen MR) is 147 cm³/mol. The molecular weight excluding hydrogens is 543 g/mol. The highest BCUT2D eigenvalue weighted by atomic mass is 35.5. The van der Waals surface area contributed by atoms with Crippen molar-refractivity contribution < 1.29 is 28.5 Å². The Kier molecular flexibility index (Phi) is 10.2. The third-order valence-electron chi connectivity index (χ3n) is 5.09. The molecule has 6 nitrogen and oxygen atoms in total. The van der Waals surface area contributed by atoms with Crippen molar-refractivity contribution in [2.45, 2.75) is 26.7 Å². The maximum Gasteiger partial charge on any atom is 0.310 e. The van der Waals surface area contributed by atoms with Crippen LogP contribution < -0.4 is 9.47 Å². The van der Waals surface area contributed by atoms with Gasteiger partial charge in [0.25, 0.3) is 0 Å². The highest BCUT2D eigenvalue weighted by molar-refractivity contribution is 7.17. The van der Waals surface area contributed by atoms with Crippen LogP contribution in [0.3, 0.4) is 0 Å². The summed E-state index contributed by atoms with van der Waals surface area (Å²) in [7, 11) is 3.20. The van der Waals surface area contributed by atoms with Gasteiger partial charge in [-0.3, -0.25) is 9.59 Å². The molecule has 2 aromatic carbocycles. The summed E-state index contributed by atoms with van der Waals surface area (Å²) in [6.45, 7) is 4.37. The van der Waals surface area contributed by atoms with E-state index in [-0.39, 0.29) is 24.8 Å². The summed E-state index contributed by atoms with van der Waals surface area (Å²) in [6.07, 6.45) is 0.506. The van der Waals surface area contributed by atoms with E-state index in [9.17, 15) is 9.59 Å². The van der Waals surface area contributed by atoms with Crippen LogP contribution in [0.2, 0.25) is 10.0 Å².